The lowest BCUT2D eigenvalue weighted by Crippen LogP contribution is -2.19. The van der Waals surface area contributed by atoms with Crippen molar-refractivity contribution in [1.82, 2.24) is 5.32 Å². The van der Waals surface area contributed by atoms with Crippen LogP contribution in [0.1, 0.15) is 12.8 Å². The zero-order valence-electron chi connectivity index (χ0n) is 9.46. The van der Waals surface area contributed by atoms with Gasteiger partial charge in [-0.05, 0) is 44.6 Å². The van der Waals surface area contributed by atoms with Crippen molar-refractivity contribution in [2.24, 2.45) is 0 Å². The quantitative estimate of drug-likeness (QED) is 0.724. The Morgan fingerprint density at radius 2 is 2.13 bits per heavy atom. The lowest BCUT2D eigenvalue weighted by molar-refractivity contribution is 0.626. The molecule has 0 amide bonds. The van der Waals surface area contributed by atoms with E-state index in [2.05, 4.69) is 10.2 Å². The van der Waals surface area contributed by atoms with Crippen LogP contribution in [-0.4, -0.2) is 27.2 Å². The van der Waals surface area contributed by atoms with Gasteiger partial charge in [0.2, 0.25) is 0 Å². The molecular formula is C12H19FN2. The number of halogens is 1. The standard InChI is InChI=1S/C12H19FN2/c1-14-8-3-4-9-15(2)12-7-5-6-11(13)10-12/h5-7,10,14H,3-4,8-9H2,1-2H3. The second-order valence-corrected chi connectivity index (χ2v) is 3.71. The van der Waals surface area contributed by atoms with E-state index in [9.17, 15) is 4.39 Å². The molecule has 0 saturated heterocycles. The number of hydrogen-bond donors (Lipinski definition) is 1. The van der Waals surface area contributed by atoms with Crippen LogP contribution < -0.4 is 10.2 Å². The van der Waals surface area contributed by atoms with Gasteiger partial charge in [0.15, 0.2) is 0 Å². The molecule has 0 unspecified atom stereocenters. The number of benzene rings is 1. The fourth-order valence-corrected chi connectivity index (χ4v) is 1.49. The Bertz CT molecular complexity index is 289. The normalized spacial score (nSPS) is 10.3. The zero-order chi connectivity index (χ0) is 11.1. The molecule has 0 heterocycles. The van der Waals surface area contributed by atoms with Crippen LogP contribution in [0.2, 0.25) is 0 Å². The summed E-state index contributed by atoms with van der Waals surface area (Å²) in [7, 11) is 3.95. The minimum Gasteiger partial charge on any atom is -0.375 e. The monoisotopic (exact) mass is 210 g/mol. The average molecular weight is 210 g/mol. The van der Waals surface area contributed by atoms with Gasteiger partial charge in [-0.25, -0.2) is 4.39 Å². The summed E-state index contributed by atoms with van der Waals surface area (Å²) >= 11 is 0. The van der Waals surface area contributed by atoms with Crippen LogP contribution >= 0.6 is 0 Å². The summed E-state index contributed by atoms with van der Waals surface area (Å²) < 4.78 is 12.9. The maximum absolute atomic E-state index is 12.9. The van der Waals surface area contributed by atoms with Gasteiger partial charge in [-0.15, -0.1) is 0 Å². The highest BCUT2D eigenvalue weighted by Crippen LogP contribution is 2.14. The molecule has 0 aliphatic carbocycles. The maximum Gasteiger partial charge on any atom is 0.125 e. The Hall–Kier alpha value is -1.09. The van der Waals surface area contributed by atoms with Gasteiger partial charge in [0.1, 0.15) is 5.82 Å². The van der Waals surface area contributed by atoms with E-state index in [0.717, 1.165) is 31.6 Å². The highest BCUT2D eigenvalue weighted by Gasteiger charge is 2.00. The molecule has 0 spiro atoms. The summed E-state index contributed by atoms with van der Waals surface area (Å²) in [5.74, 6) is -0.172. The molecule has 15 heavy (non-hydrogen) atoms. The molecule has 1 rings (SSSR count). The second-order valence-electron chi connectivity index (χ2n) is 3.71. The van der Waals surface area contributed by atoms with E-state index in [1.54, 1.807) is 12.1 Å². The predicted molar refractivity (Wildman–Crippen MR) is 62.8 cm³/mol. The first-order chi connectivity index (χ1) is 7.24. The molecular weight excluding hydrogens is 191 g/mol. The SMILES string of the molecule is CNCCCCN(C)c1cccc(F)c1. The Kier molecular flexibility index (Phi) is 5.12. The van der Waals surface area contributed by atoms with Crippen LogP contribution in [0.15, 0.2) is 24.3 Å². The van der Waals surface area contributed by atoms with Gasteiger partial charge >= 0.3 is 0 Å². The van der Waals surface area contributed by atoms with Gasteiger partial charge < -0.3 is 10.2 Å². The summed E-state index contributed by atoms with van der Waals surface area (Å²) in [6, 6.07) is 6.71. The van der Waals surface area contributed by atoms with E-state index in [1.807, 2.05) is 20.2 Å². The van der Waals surface area contributed by atoms with Crippen molar-refractivity contribution in [3.05, 3.63) is 30.1 Å². The highest BCUT2D eigenvalue weighted by atomic mass is 19.1. The summed E-state index contributed by atoms with van der Waals surface area (Å²) in [4.78, 5) is 2.08. The number of anilines is 1. The molecule has 0 aliphatic rings. The number of hydrogen-bond acceptors (Lipinski definition) is 2. The van der Waals surface area contributed by atoms with E-state index in [1.165, 1.54) is 6.07 Å². The Morgan fingerprint density at radius 1 is 1.33 bits per heavy atom. The molecule has 0 aliphatic heterocycles. The molecule has 84 valence electrons. The lowest BCUT2D eigenvalue weighted by Gasteiger charge is -2.19. The van der Waals surface area contributed by atoms with Crippen molar-refractivity contribution in [3.63, 3.8) is 0 Å². The molecule has 0 atom stereocenters. The first-order valence-corrected chi connectivity index (χ1v) is 5.35. The lowest BCUT2D eigenvalue weighted by atomic mass is 10.2. The van der Waals surface area contributed by atoms with Crippen molar-refractivity contribution in [3.8, 4) is 0 Å². The molecule has 1 N–H and O–H groups in total. The second kappa shape index (κ2) is 6.40. The van der Waals surface area contributed by atoms with E-state index in [0.29, 0.717) is 0 Å². The minimum atomic E-state index is -0.172. The fourth-order valence-electron chi connectivity index (χ4n) is 1.49. The van der Waals surface area contributed by atoms with Crippen LogP contribution in [0.3, 0.4) is 0 Å². The molecule has 0 radical (unpaired) electrons. The molecule has 1 aromatic rings. The minimum absolute atomic E-state index is 0.172. The molecule has 1 aromatic carbocycles. The van der Waals surface area contributed by atoms with Gasteiger partial charge in [0.05, 0.1) is 0 Å². The molecule has 3 heteroatoms. The summed E-state index contributed by atoms with van der Waals surface area (Å²) in [6.07, 6.45) is 2.27. The Labute approximate surface area is 91.1 Å². The third kappa shape index (κ3) is 4.30. The van der Waals surface area contributed by atoms with E-state index >= 15 is 0 Å². The van der Waals surface area contributed by atoms with Gasteiger partial charge in [0, 0.05) is 19.3 Å². The largest absolute Gasteiger partial charge is 0.375 e. The van der Waals surface area contributed by atoms with E-state index < -0.39 is 0 Å². The topological polar surface area (TPSA) is 15.3 Å². The summed E-state index contributed by atoms with van der Waals surface area (Å²) in [6.45, 7) is 2.00. The zero-order valence-corrected chi connectivity index (χ0v) is 9.46. The Morgan fingerprint density at radius 3 is 2.80 bits per heavy atom. The molecule has 0 saturated carbocycles. The van der Waals surface area contributed by atoms with Crippen molar-refractivity contribution >= 4 is 5.69 Å². The van der Waals surface area contributed by atoms with Crippen LogP contribution in [0, 0.1) is 5.82 Å². The third-order valence-corrected chi connectivity index (χ3v) is 2.42. The van der Waals surface area contributed by atoms with Crippen LogP contribution in [-0.2, 0) is 0 Å². The van der Waals surface area contributed by atoms with Crippen LogP contribution in [0.25, 0.3) is 0 Å². The highest BCUT2D eigenvalue weighted by molar-refractivity contribution is 5.45. The number of nitrogens with zero attached hydrogens (tertiary/aromatic N) is 1. The maximum atomic E-state index is 12.9. The molecule has 0 bridgehead atoms. The molecule has 2 nitrogen and oxygen atoms in total. The van der Waals surface area contributed by atoms with Crippen molar-refractivity contribution < 1.29 is 4.39 Å². The first-order valence-electron chi connectivity index (χ1n) is 5.35. The first kappa shape index (κ1) is 12.0. The van der Waals surface area contributed by atoms with Gasteiger partial charge in [-0.3, -0.25) is 0 Å². The van der Waals surface area contributed by atoms with E-state index in [4.69, 9.17) is 0 Å². The molecule has 0 fully saturated rings. The molecule has 0 aromatic heterocycles. The van der Waals surface area contributed by atoms with E-state index in [-0.39, 0.29) is 5.82 Å². The van der Waals surface area contributed by atoms with Crippen molar-refractivity contribution in [2.45, 2.75) is 12.8 Å². The van der Waals surface area contributed by atoms with Crippen LogP contribution in [0.4, 0.5) is 10.1 Å². The number of unbranched alkanes of at least 4 members (excludes halogenated alkanes) is 1. The van der Waals surface area contributed by atoms with Crippen molar-refractivity contribution in [2.75, 3.05) is 32.1 Å². The van der Waals surface area contributed by atoms with Crippen LogP contribution in [0.5, 0.6) is 0 Å². The number of rotatable bonds is 6. The van der Waals surface area contributed by atoms with Crippen molar-refractivity contribution in [1.29, 1.82) is 0 Å². The summed E-state index contributed by atoms with van der Waals surface area (Å²) in [5.41, 5.74) is 0.944. The summed E-state index contributed by atoms with van der Waals surface area (Å²) in [5, 5.41) is 3.11. The fraction of sp³-hybridized carbons (Fsp3) is 0.500. The van der Waals surface area contributed by atoms with Gasteiger partial charge in [-0.2, -0.15) is 0 Å². The Balaban J connectivity index is 2.36. The predicted octanol–water partition coefficient (Wildman–Crippen LogP) is 2.26. The van der Waals surface area contributed by atoms with Gasteiger partial charge in [0.25, 0.3) is 0 Å². The number of nitrogens with one attached hydrogen (secondary N) is 1. The third-order valence-electron chi connectivity index (χ3n) is 2.42. The average Bonchev–Trinajstić information content (AvgIpc) is 2.24. The van der Waals surface area contributed by atoms with Gasteiger partial charge in [-0.1, -0.05) is 6.07 Å². The smallest absolute Gasteiger partial charge is 0.125 e.